The van der Waals surface area contributed by atoms with E-state index in [4.69, 9.17) is 11.6 Å². The second-order valence-corrected chi connectivity index (χ2v) is 6.24. The minimum atomic E-state index is -0.238. The zero-order valence-electron chi connectivity index (χ0n) is 11.8. The summed E-state index contributed by atoms with van der Waals surface area (Å²) < 4.78 is 0. The highest BCUT2D eigenvalue weighted by Gasteiger charge is 2.23. The predicted molar refractivity (Wildman–Crippen MR) is 83.4 cm³/mol. The number of aromatic nitrogens is 1. The number of nitrogens with one attached hydrogen (secondary N) is 1. The summed E-state index contributed by atoms with van der Waals surface area (Å²) in [5.41, 5.74) is 2.44. The number of aliphatic hydroxyl groups is 1. The molecule has 20 heavy (non-hydrogen) atoms. The van der Waals surface area contributed by atoms with Gasteiger partial charge in [0.05, 0.1) is 16.6 Å². The molecule has 0 amide bonds. The van der Waals surface area contributed by atoms with E-state index < -0.39 is 0 Å². The molecule has 1 aromatic carbocycles. The van der Waals surface area contributed by atoms with Gasteiger partial charge in [0.15, 0.2) is 0 Å². The molecule has 1 atom stereocenters. The topological polar surface area (TPSA) is 39.3 Å². The van der Waals surface area contributed by atoms with Crippen molar-refractivity contribution in [3.05, 3.63) is 35.0 Å². The second-order valence-electron chi connectivity index (χ2n) is 5.83. The summed E-state index contributed by atoms with van der Waals surface area (Å²) in [6.45, 7) is 4.76. The molecule has 2 N–H and O–H groups in total. The number of hydrogen-bond donors (Lipinski definition) is 2. The number of aliphatic hydroxyl groups excluding tert-OH is 1. The lowest BCUT2D eigenvalue weighted by atomic mass is 9.89. The van der Waals surface area contributed by atoms with Crippen LogP contribution in [-0.4, -0.2) is 40.7 Å². The maximum absolute atomic E-state index is 9.47. The first-order valence-electron chi connectivity index (χ1n) is 7.31. The van der Waals surface area contributed by atoms with E-state index in [2.05, 4.69) is 22.1 Å². The number of likely N-dealkylation sites (tertiary alicyclic amines) is 1. The quantitative estimate of drug-likeness (QED) is 0.910. The van der Waals surface area contributed by atoms with Crippen LogP contribution < -0.4 is 0 Å². The molecular formula is C16H21ClN2O. The second kappa shape index (κ2) is 5.76. The van der Waals surface area contributed by atoms with Gasteiger partial charge in [0.1, 0.15) is 0 Å². The molecule has 0 spiro atoms. The molecule has 0 radical (unpaired) electrons. The monoisotopic (exact) mass is 292 g/mol. The van der Waals surface area contributed by atoms with Gasteiger partial charge in [-0.1, -0.05) is 23.7 Å². The molecule has 4 heteroatoms. The number of para-hydroxylation sites is 1. The predicted octanol–water partition coefficient (Wildman–Crippen LogP) is 3.38. The van der Waals surface area contributed by atoms with Gasteiger partial charge in [-0.25, -0.2) is 0 Å². The van der Waals surface area contributed by atoms with Gasteiger partial charge in [-0.2, -0.15) is 0 Å². The lowest BCUT2D eigenvalue weighted by molar-refractivity contribution is 0.109. The number of nitrogens with zero attached hydrogens (tertiary/aromatic N) is 1. The van der Waals surface area contributed by atoms with Crippen LogP contribution in [0.15, 0.2) is 24.4 Å². The molecule has 3 nitrogen and oxygen atoms in total. The Labute approximate surface area is 124 Å². The van der Waals surface area contributed by atoms with Crippen molar-refractivity contribution in [3.8, 4) is 0 Å². The summed E-state index contributed by atoms with van der Waals surface area (Å²) in [6, 6.07) is 6.09. The molecule has 1 aromatic heterocycles. The molecule has 3 rings (SSSR count). The summed E-state index contributed by atoms with van der Waals surface area (Å²) in [7, 11) is 0. The van der Waals surface area contributed by atoms with E-state index in [1.165, 1.54) is 10.9 Å². The number of rotatable bonds is 3. The number of fused-ring (bicyclic) bond motifs is 1. The van der Waals surface area contributed by atoms with Gasteiger partial charge in [-0.05, 0) is 50.4 Å². The van der Waals surface area contributed by atoms with Gasteiger partial charge < -0.3 is 15.0 Å². The van der Waals surface area contributed by atoms with Gasteiger partial charge in [0.25, 0.3) is 0 Å². The Morgan fingerprint density at radius 3 is 2.85 bits per heavy atom. The van der Waals surface area contributed by atoms with Crippen molar-refractivity contribution in [2.75, 3.05) is 19.6 Å². The van der Waals surface area contributed by atoms with E-state index in [9.17, 15) is 5.11 Å². The van der Waals surface area contributed by atoms with Crippen LogP contribution in [0.4, 0.5) is 0 Å². The number of β-amino-alcohol motifs (C(OH)–C–C–N with tert-alkyl or cyclic N) is 1. The fourth-order valence-electron chi connectivity index (χ4n) is 3.28. The van der Waals surface area contributed by atoms with E-state index in [-0.39, 0.29) is 6.10 Å². The van der Waals surface area contributed by atoms with Crippen molar-refractivity contribution in [3.63, 3.8) is 0 Å². The van der Waals surface area contributed by atoms with Crippen LogP contribution in [0.5, 0.6) is 0 Å². The number of aromatic amines is 1. The Hall–Kier alpha value is -1.03. The lowest BCUT2D eigenvalue weighted by Gasteiger charge is -2.32. The Kier molecular flexibility index (Phi) is 4.01. The molecule has 1 unspecified atom stereocenters. The number of benzene rings is 1. The van der Waals surface area contributed by atoms with Crippen LogP contribution in [0, 0.1) is 0 Å². The third-order valence-corrected chi connectivity index (χ3v) is 4.56. The molecule has 2 heterocycles. The van der Waals surface area contributed by atoms with Crippen LogP contribution in [0.3, 0.4) is 0 Å². The average molecular weight is 293 g/mol. The molecule has 0 saturated carbocycles. The number of halogens is 1. The first-order valence-corrected chi connectivity index (χ1v) is 7.69. The molecule has 0 bridgehead atoms. The largest absolute Gasteiger partial charge is 0.392 e. The van der Waals surface area contributed by atoms with E-state index >= 15 is 0 Å². The van der Waals surface area contributed by atoms with Gasteiger partial charge >= 0.3 is 0 Å². The van der Waals surface area contributed by atoms with Crippen LogP contribution in [-0.2, 0) is 0 Å². The maximum atomic E-state index is 9.47. The Bertz CT molecular complexity index is 585. The zero-order chi connectivity index (χ0) is 14.1. The van der Waals surface area contributed by atoms with Crippen molar-refractivity contribution in [2.24, 2.45) is 0 Å². The Balaban J connectivity index is 1.75. The van der Waals surface area contributed by atoms with Crippen LogP contribution in [0.25, 0.3) is 10.9 Å². The molecular weight excluding hydrogens is 272 g/mol. The molecule has 108 valence electrons. The van der Waals surface area contributed by atoms with Crippen molar-refractivity contribution in [1.29, 1.82) is 0 Å². The molecule has 1 aliphatic rings. The molecule has 0 aliphatic carbocycles. The summed E-state index contributed by atoms with van der Waals surface area (Å²) in [4.78, 5) is 5.66. The smallest absolute Gasteiger partial charge is 0.0647 e. The minimum absolute atomic E-state index is 0.238. The fourth-order valence-corrected chi connectivity index (χ4v) is 3.51. The minimum Gasteiger partial charge on any atom is -0.392 e. The molecule has 1 aliphatic heterocycles. The number of hydrogen-bond acceptors (Lipinski definition) is 2. The highest BCUT2D eigenvalue weighted by Crippen LogP contribution is 2.35. The van der Waals surface area contributed by atoms with Crippen molar-refractivity contribution >= 4 is 22.5 Å². The van der Waals surface area contributed by atoms with Crippen molar-refractivity contribution in [1.82, 2.24) is 9.88 Å². The first-order chi connectivity index (χ1) is 9.65. The number of piperidine rings is 1. The zero-order valence-corrected chi connectivity index (χ0v) is 12.5. The third-order valence-electron chi connectivity index (χ3n) is 4.25. The number of H-pyrrole nitrogens is 1. The van der Waals surface area contributed by atoms with Crippen molar-refractivity contribution in [2.45, 2.75) is 31.8 Å². The van der Waals surface area contributed by atoms with Crippen LogP contribution in [0.2, 0.25) is 5.02 Å². The lowest BCUT2D eigenvalue weighted by Crippen LogP contribution is -2.37. The van der Waals surface area contributed by atoms with E-state index in [1.807, 2.05) is 19.1 Å². The molecule has 2 aromatic rings. The van der Waals surface area contributed by atoms with Gasteiger partial charge in [0.2, 0.25) is 0 Å². The molecule has 1 saturated heterocycles. The Morgan fingerprint density at radius 1 is 1.40 bits per heavy atom. The Morgan fingerprint density at radius 2 is 2.15 bits per heavy atom. The summed E-state index contributed by atoms with van der Waals surface area (Å²) >= 11 is 6.22. The summed E-state index contributed by atoms with van der Waals surface area (Å²) in [5, 5.41) is 11.5. The normalized spacial score (nSPS) is 19.6. The maximum Gasteiger partial charge on any atom is 0.0647 e. The van der Waals surface area contributed by atoms with E-state index in [1.54, 1.807) is 0 Å². The third kappa shape index (κ3) is 2.71. The van der Waals surface area contributed by atoms with Gasteiger partial charge in [-0.15, -0.1) is 0 Å². The van der Waals surface area contributed by atoms with Crippen LogP contribution in [0.1, 0.15) is 31.2 Å². The van der Waals surface area contributed by atoms with Gasteiger partial charge in [0, 0.05) is 18.1 Å². The summed E-state index contributed by atoms with van der Waals surface area (Å²) in [5.74, 6) is 0.590. The average Bonchev–Trinajstić information content (AvgIpc) is 2.84. The fraction of sp³-hybridized carbons (Fsp3) is 0.500. The van der Waals surface area contributed by atoms with Crippen LogP contribution >= 0.6 is 11.6 Å². The summed E-state index contributed by atoms with van der Waals surface area (Å²) in [6.07, 6.45) is 4.17. The highest BCUT2D eigenvalue weighted by molar-refractivity contribution is 6.35. The standard InChI is InChI=1S/C16H21ClN2O/c1-11(20)10-19-7-5-12(6-8-19)14-9-18-16-13(14)3-2-4-15(16)17/h2-4,9,11-12,18,20H,5-8,10H2,1H3. The SMILES string of the molecule is CC(O)CN1CCC(c2c[nH]c3c(Cl)cccc23)CC1. The van der Waals surface area contributed by atoms with E-state index in [0.717, 1.165) is 43.0 Å². The van der Waals surface area contributed by atoms with E-state index in [0.29, 0.717) is 5.92 Å². The van der Waals surface area contributed by atoms with Gasteiger partial charge in [-0.3, -0.25) is 0 Å². The van der Waals surface area contributed by atoms with Crippen molar-refractivity contribution < 1.29 is 5.11 Å². The highest BCUT2D eigenvalue weighted by atomic mass is 35.5. The molecule has 1 fully saturated rings. The first kappa shape index (κ1) is 13.9.